The van der Waals surface area contributed by atoms with E-state index < -0.39 is 25.3 Å². The zero-order valence-corrected chi connectivity index (χ0v) is 15.5. The molecular formula is C16H24O7P. The smallest absolute Gasteiger partial charge is 0.475 e. The van der Waals surface area contributed by atoms with Crippen molar-refractivity contribution in [3.05, 3.63) is 29.8 Å². The molecule has 1 aromatic rings. The topological polar surface area (TPSA) is 91.0 Å². The van der Waals surface area contributed by atoms with Gasteiger partial charge in [-0.25, -0.2) is 14.5 Å². The van der Waals surface area contributed by atoms with Gasteiger partial charge in [0.1, 0.15) is 11.9 Å². The summed E-state index contributed by atoms with van der Waals surface area (Å²) in [5.41, 5.74) is -0.983. The molecular weight excluding hydrogens is 335 g/mol. The minimum Gasteiger partial charge on any atom is -0.497 e. The van der Waals surface area contributed by atoms with E-state index in [0.29, 0.717) is 11.3 Å². The summed E-state index contributed by atoms with van der Waals surface area (Å²) in [6.45, 7) is 6.33. The third-order valence-electron chi connectivity index (χ3n) is 3.41. The summed E-state index contributed by atoms with van der Waals surface area (Å²) in [6, 6.07) is 6.58. The van der Waals surface area contributed by atoms with Gasteiger partial charge in [0.15, 0.2) is 0 Å². The molecule has 1 unspecified atom stereocenters. The first kappa shape index (κ1) is 20.6. The number of carbonyl (C=O) groups excluding carboxylic acids is 1. The molecule has 24 heavy (non-hydrogen) atoms. The largest absolute Gasteiger partial charge is 0.497 e. The highest BCUT2D eigenvalue weighted by atomic mass is 31.2. The second kappa shape index (κ2) is 8.62. The summed E-state index contributed by atoms with van der Waals surface area (Å²) in [4.78, 5) is 11.6. The molecule has 1 atom stereocenters. The van der Waals surface area contributed by atoms with Crippen LogP contribution in [0.5, 0.6) is 5.75 Å². The van der Waals surface area contributed by atoms with E-state index in [4.69, 9.17) is 18.3 Å². The van der Waals surface area contributed by atoms with Crippen molar-refractivity contribution in [1.29, 1.82) is 0 Å². The van der Waals surface area contributed by atoms with Crippen molar-refractivity contribution in [1.82, 2.24) is 0 Å². The zero-order valence-electron chi connectivity index (χ0n) is 14.6. The number of hydrogen-bond donors (Lipinski definition) is 0. The average Bonchev–Trinajstić information content (AvgIpc) is 2.53. The standard InChI is InChI=1S/C16H24O7P/c1-6-21-24(19,22-7-2)23-14(16(3,4)15(17)18)12-8-10-13(20-5)11-9-12/h8-11,14H,6-7H2,1-5H3. The molecule has 1 aromatic carbocycles. The first-order valence-corrected chi connectivity index (χ1v) is 9.09. The van der Waals surface area contributed by atoms with Crippen LogP contribution in [0.1, 0.15) is 39.4 Å². The molecule has 0 spiro atoms. The van der Waals surface area contributed by atoms with Crippen molar-refractivity contribution in [2.24, 2.45) is 5.41 Å². The maximum absolute atomic E-state index is 12.7. The molecule has 0 fully saturated rings. The van der Waals surface area contributed by atoms with Crippen molar-refractivity contribution >= 4 is 13.8 Å². The van der Waals surface area contributed by atoms with Crippen LogP contribution in [-0.4, -0.2) is 26.3 Å². The number of phosphoric ester groups is 1. The van der Waals surface area contributed by atoms with Crippen molar-refractivity contribution in [2.45, 2.75) is 33.8 Å². The summed E-state index contributed by atoms with van der Waals surface area (Å²) in [6.07, 6.45) is -1.10. The van der Waals surface area contributed by atoms with E-state index in [2.05, 4.69) is 0 Å². The minimum atomic E-state index is -3.92. The molecule has 0 heterocycles. The monoisotopic (exact) mass is 359 g/mol. The highest BCUT2D eigenvalue weighted by Gasteiger charge is 2.45. The Balaban J connectivity index is 3.27. The van der Waals surface area contributed by atoms with E-state index >= 15 is 0 Å². The minimum absolute atomic E-state index is 0.0956. The molecule has 0 aliphatic rings. The molecule has 8 heteroatoms. The third kappa shape index (κ3) is 5.05. The summed E-state index contributed by atoms with van der Waals surface area (Å²) in [7, 11) is -2.40. The van der Waals surface area contributed by atoms with Crippen molar-refractivity contribution in [2.75, 3.05) is 20.3 Å². The van der Waals surface area contributed by atoms with Crippen LogP contribution in [0.2, 0.25) is 0 Å². The second-order valence-corrected chi connectivity index (χ2v) is 7.17. The van der Waals surface area contributed by atoms with E-state index in [-0.39, 0.29) is 13.2 Å². The number of hydrogen-bond acceptors (Lipinski definition) is 6. The van der Waals surface area contributed by atoms with E-state index in [0.717, 1.165) is 0 Å². The van der Waals surface area contributed by atoms with Crippen LogP contribution in [0.25, 0.3) is 0 Å². The number of methoxy groups -OCH3 is 1. The molecule has 0 bridgehead atoms. The van der Waals surface area contributed by atoms with Crippen LogP contribution >= 0.6 is 7.82 Å². The van der Waals surface area contributed by atoms with Gasteiger partial charge in [0.2, 0.25) is 0 Å². The van der Waals surface area contributed by atoms with E-state index in [1.54, 1.807) is 38.1 Å². The van der Waals surface area contributed by atoms with Crippen molar-refractivity contribution < 1.29 is 32.8 Å². The SMILES string of the molecule is CCOP(=O)(OCC)OC(c1ccc(OC)cc1)C(C)(C)C([O])=O. The van der Waals surface area contributed by atoms with Gasteiger partial charge in [0, 0.05) is 0 Å². The Hall–Kier alpha value is -1.40. The van der Waals surface area contributed by atoms with Crippen molar-refractivity contribution in [3.8, 4) is 5.75 Å². The predicted molar refractivity (Wildman–Crippen MR) is 87.2 cm³/mol. The van der Waals surface area contributed by atoms with Crippen LogP contribution < -0.4 is 4.74 Å². The highest BCUT2D eigenvalue weighted by molar-refractivity contribution is 7.48. The van der Waals surface area contributed by atoms with Gasteiger partial charge in [0.05, 0.1) is 25.7 Å². The Morgan fingerprint density at radius 3 is 2.00 bits per heavy atom. The summed E-state index contributed by atoms with van der Waals surface area (Å²) in [5.74, 6) is -0.746. The Morgan fingerprint density at radius 1 is 1.12 bits per heavy atom. The normalized spacial score (nSPS) is 13.5. The Morgan fingerprint density at radius 2 is 1.62 bits per heavy atom. The van der Waals surface area contributed by atoms with E-state index in [1.807, 2.05) is 0 Å². The molecule has 0 N–H and O–H groups in total. The lowest BCUT2D eigenvalue weighted by Crippen LogP contribution is -2.32. The van der Waals surface area contributed by atoms with Crippen LogP contribution in [0.3, 0.4) is 0 Å². The van der Waals surface area contributed by atoms with Gasteiger partial charge >= 0.3 is 13.8 Å². The van der Waals surface area contributed by atoms with Crippen LogP contribution in [-0.2, 0) is 28.0 Å². The summed E-state index contributed by atoms with van der Waals surface area (Å²) < 4.78 is 33.6. The Kier molecular flexibility index (Phi) is 7.42. The van der Waals surface area contributed by atoms with Gasteiger partial charge in [-0.1, -0.05) is 12.1 Å². The number of benzene rings is 1. The van der Waals surface area contributed by atoms with E-state index in [1.165, 1.54) is 21.0 Å². The maximum Gasteiger partial charge on any atom is 0.475 e. The lowest BCUT2D eigenvalue weighted by Gasteiger charge is -2.32. The zero-order chi connectivity index (χ0) is 18.4. The second-order valence-electron chi connectivity index (χ2n) is 5.55. The predicted octanol–water partition coefficient (Wildman–Crippen LogP) is 3.92. The molecule has 135 valence electrons. The van der Waals surface area contributed by atoms with Crippen LogP contribution in [0.4, 0.5) is 0 Å². The van der Waals surface area contributed by atoms with Gasteiger partial charge in [0.25, 0.3) is 0 Å². The number of rotatable bonds is 10. The first-order chi connectivity index (χ1) is 11.2. The Labute approximate surface area is 142 Å². The van der Waals surface area contributed by atoms with Gasteiger partial charge in [-0.15, -0.1) is 0 Å². The molecule has 0 aliphatic carbocycles. The molecule has 0 amide bonds. The van der Waals surface area contributed by atoms with E-state index in [9.17, 15) is 14.5 Å². The number of carbonyl (C=O) groups is 1. The van der Waals surface area contributed by atoms with Gasteiger partial charge in [-0.05, 0) is 45.4 Å². The number of phosphoric acid groups is 1. The fourth-order valence-corrected chi connectivity index (χ4v) is 3.51. The van der Waals surface area contributed by atoms with Gasteiger partial charge < -0.3 is 4.74 Å². The lowest BCUT2D eigenvalue weighted by atomic mass is 9.83. The Bertz CT molecular complexity index is 573. The molecule has 7 nitrogen and oxygen atoms in total. The molecule has 0 saturated heterocycles. The average molecular weight is 359 g/mol. The molecule has 0 aromatic heterocycles. The van der Waals surface area contributed by atoms with Gasteiger partial charge in [-0.2, -0.15) is 0 Å². The van der Waals surface area contributed by atoms with Crippen LogP contribution in [0.15, 0.2) is 24.3 Å². The lowest BCUT2D eigenvalue weighted by molar-refractivity contribution is -0.160. The summed E-state index contributed by atoms with van der Waals surface area (Å²) >= 11 is 0. The fourth-order valence-electron chi connectivity index (χ4n) is 2.04. The maximum atomic E-state index is 12.7. The fraction of sp³-hybridized carbons (Fsp3) is 0.562. The highest BCUT2D eigenvalue weighted by Crippen LogP contribution is 2.56. The van der Waals surface area contributed by atoms with Crippen LogP contribution in [0, 0.1) is 5.41 Å². The molecule has 0 aliphatic heterocycles. The summed E-state index contributed by atoms with van der Waals surface area (Å²) in [5, 5.41) is 11.6. The molecule has 1 radical (unpaired) electrons. The molecule has 1 rings (SSSR count). The first-order valence-electron chi connectivity index (χ1n) is 7.63. The third-order valence-corrected chi connectivity index (χ3v) is 5.03. The quantitative estimate of drug-likeness (QED) is 0.588. The molecule has 0 saturated carbocycles. The number of ether oxygens (including phenoxy) is 1. The van der Waals surface area contributed by atoms with Gasteiger partial charge in [-0.3, -0.25) is 13.6 Å². The van der Waals surface area contributed by atoms with Crippen molar-refractivity contribution in [3.63, 3.8) is 0 Å².